The second-order valence-electron chi connectivity index (χ2n) is 7.64. The standard InChI is InChI=1S/C23H23N5O4/c1-27(11-10-15-6-8-17(9-7-15)28(30)31)23(29)21-14-32-22(26-21)19(24)12-16-13-25-20-5-3-2-4-18(16)20/h2-9,13-14,19,25H,10-12,24H2,1H3. The molecule has 0 bridgehead atoms. The first-order chi connectivity index (χ1) is 15.4. The van der Waals surface area contributed by atoms with E-state index in [9.17, 15) is 14.9 Å². The number of fused-ring (bicyclic) bond motifs is 1. The quantitative estimate of drug-likeness (QED) is 0.322. The molecular formula is C23H23N5O4. The van der Waals surface area contributed by atoms with Crippen molar-refractivity contribution in [1.29, 1.82) is 0 Å². The fourth-order valence-electron chi connectivity index (χ4n) is 3.56. The Balaban J connectivity index is 1.36. The van der Waals surface area contributed by atoms with Gasteiger partial charge in [-0.05, 0) is 30.0 Å². The number of nitro benzene ring substituents is 1. The minimum atomic E-state index is -0.485. The van der Waals surface area contributed by atoms with E-state index in [4.69, 9.17) is 10.2 Å². The van der Waals surface area contributed by atoms with Crippen LogP contribution in [0.15, 0.2) is 65.4 Å². The molecule has 32 heavy (non-hydrogen) atoms. The number of aromatic amines is 1. The Morgan fingerprint density at radius 3 is 2.75 bits per heavy atom. The molecule has 0 aliphatic carbocycles. The fraction of sp³-hybridized carbons (Fsp3) is 0.217. The zero-order valence-electron chi connectivity index (χ0n) is 17.5. The Morgan fingerprint density at radius 1 is 1.25 bits per heavy atom. The molecule has 0 radical (unpaired) electrons. The van der Waals surface area contributed by atoms with E-state index in [1.54, 1.807) is 19.2 Å². The van der Waals surface area contributed by atoms with Gasteiger partial charge in [-0.3, -0.25) is 14.9 Å². The Kier molecular flexibility index (Phi) is 6.00. The molecule has 4 rings (SSSR count). The summed E-state index contributed by atoms with van der Waals surface area (Å²) < 4.78 is 5.50. The first kappa shape index (κ1) is 21.3. The second-order valence-corrected chi connectivity index (χ2v) is 7.64. The topological polar surface area (TPSA) is 131 Å². The summed E-state index contributed by atoms with van der Waals surface area (Å²) in [5, 5.41) is 11.8. The van der Waals surface area contributed by atoms with Gasteiger partial charge in [0.15, 0.2) is 5.69 Å². The number of likely N-dealkylation sites (N-methyl/N-ethyl adjacent to an activating group) is 1. The maximum absolute atomic E-state index is 12.7. The summed E-state index contributed by atoms with van der Waals surface area (Å²) in [6.45, 7) is 0.431. The molecule has 9 heteroatoms. The van der Waals surface area contributed by atoms with Crippen molar-refractivity contribution in [3.63, 3.8) is 0 Å². The summed E-state index contributed by atoms with van der Waals surface area (Å²) in [5.74, 6) is 0.0311. The highest BCUT2D eigenvalue weighted by Gasteiger charge is 2.21. The van der Waals surface area contributed by atoms with Gasteiger partial charge in [0.25, 0.3) is 11.6 Å². The molecule has 164 valence electrons. The van der Waals surface area contributed by atoms with Gasteiger partial charge in [0.05, 0.1) is 11.0 Å². The molecule has 0 aliphatic rings. The largest absolute Gasteiger partial charge is 0.446 e. The number of nitrogens with one attached hydrogen (secondary N) is 1. The van der Waals surface area contributed by atoms with E-state index in [1.165, 1.54) is 23.3 Å². The average Bonchev–Trinajstić information content (AvgIpc) is 3.45. The van der Waals surface area contributed by atoms with Gasteiger partial charge >= 0.3 is 0 Å². The van der Waals surface area contributed by atoms with Gasteiger partial charge in [-0.2, -0.15) is 0 Å². The van der Waals surface area contributed by atoms with Crippen molar-refractivity contribution >= 4 is 22.5 Å². The molecule has 2 aromatic carbocycles. The predicted molar refractivity (Wildman–Crippen MR) is 119 cm³/mol. The minimum Gasteiger partial charge on any atom is -0.446 e. The zero-order chi connectivity index (χ0) is 22.7. The van der Waals surface area contributed by atoms with Crippen LogP contribution in [-0.4, -0.2) is 39.3 Å². The fourth-order valence-corrected chi connectivity index (χ4v) is 3.56. The molecule has 3 N–H and O–H groups in total. The molecule has 9 nitrogen and oxygen atoms in total. The Hall–Kier alpha value is -3.98. The molecule has 0 saturated carbocycles. The number of rotatable bonds is 8. The lowest BCUT2D eigenvalue weighted by atomic mass is 10.1. The lowest BCUT2D eigenvalue weighted by Gasteiger charge is -2.15. The smallest absolute Gasteiger partial charge is 0.275 e. The molecule has 2 heterocycles. The number of benzene rings is 2. The number of nitro groups is 1. The van der Waals surface area contributed by atoms with Crippen LogP contribution in [0.4, 0.5) is 5.69 Å². The SMILES string of the molecule is CN(CCc1ccc([N+](=O)[O-])cc1)C(=O)c1coc(C(N)Cc2c[nH]c3ccccc23)n1. The maximum atomic E-state index is 12.7. The van der Waals surface area contributed by atoms with E-state index >= 15 is 0 Å². The number of carbonyl (C=O) groups is 1. The summed E-state index contributed by atoms with van der Waals surface area (Å²) in [6, 6.07) is 13.8. The third-order valence-electron chi connectivity index (χ3n) is 5.40. The first-order valence-electron chi connectivity index (χ1n) is 10.2. The molecule has 0 aliphatic heterocycles. The van der Waals surface area contributed by atoms with Crippen LogP contribution >= 0.6 is 0 Å². The predicted octanol–water partition coefficient (Wildman–Crippen LogP) is 3.62. The van der Waals surface area contributed by atoms with Gasteiger partial charge < -0.3 is 20.0 Å². The molecule has 4 aromatic rings. The van der Waals surface area contributed by atoms with Crippen LogP contribution in [0.2, 0.25) is 0 Å². The minimum absolute atomic E-state index is 0.0392. The molecule has 1 unspecified atom stereocenters. The van der Waals surface area contributed by atoms with Gasteiger partial charge in [-0.1, -0.05) is 30.3 Å². The van der Waals surface area contributed by atoms with E-state index in [1.807, 2.05) is 30.5 Å². The van der Waals surface area contributed by atoms with E-state index < -0.39 is 11.0 Å². The number of aromatic nitrogens is 2. The highest BCUT2D eigenvalue weighted by atomic mass is 16.6. The summed E-state index contributed by atoms with van der Waals surface area (Å²) in [4.78, 5) is 32.1. The van der Waals surface area contributed by atoms with Crippen molar-refractivity contribution in [1.82, 2.24) is 14.9 Å². The highest BCUT2D eigenvalue weighted by molar-refractivity contribution is 5.91. The van der Waals surface area contributed by atoms with Crippen molar-refractivity contribution in [3.8, 4) is 0 Å². The van der Waals surface area contributed by atoms with Gasteiger partial charge in [-0.25, -0.2) is 4.98 Å². The number of hydrogen-bond donors (Lipinski definition) is 2. The third-order valence-corrected chi connectivity index (χ3v) is 5.40. The first-order valence-corrected chi connectivity index (χ1v) is 10.2. The number of para-hydroxylation sites is 1. The number of amides is 1. The number of nitrogens with two attached hydrogens (primary N) is 1. The van der Waals surface area contributed by atoms with E-state index in [-0.39, 0.29) is 17.3 Å². The Labute approximate surface area is 184 Å². The van der Waals surface area contributed by atoms with Crippen LogP contribution in [0.1, 0.15) is 33.5 Å². The van der Waals surface area contributed by atoms with Crippen molar-refractivity contribution in [2.75, 3.05) is 13.6 Å². The molecule has 2 aromatic heterocycles. The Morgan fingerprint density at radius 2 is 2.00 bits per heavy atom. The Bertz CT molecular complexity index is 1240. The van der Waals surface area contributed by atoms with E-state index in [2.05, 4.69) is 9.97 Å². The van der Waals surface area contributed by atoms with Crippen LogP contribution in [0.25, 0.3) is 10.9 Å². The molecule has 1 amide bonds. The summed E-state index contributed by atoms with van der Waals surface area (Å²) >= 11 is 0. The van der Waals surface area contributed by atoms with E-state index in [0.29, 0.717) is 25.3 Å². The summed E-state index contributed by atoms with van der Waals surface area (Å²) in [5.41, 5.74) is 9.52. The lowest BCUT2D eigenvalue weighted by molar-refractivity contribution is -0.384. The highest BCUT2D eigenvalue weighted by Crippen LogP contribution is 2.23. The zero-order valence-corrected chi connectivity index (χ0v) is 17.5. The number of hydrogen-bond acceptors (Lipinski definition) is 6. The molecule has 1 atom stereocenters. The van der Waals surface area contributed by atoms with Gasteiger partial charge in [-0.15, -0.1) is 0 Å². The van der Waals surface area contributed by atoms with Crippen LogP contribution in [-0.2, 0) is 12.8 Å². The van der Waals surface area contributed by atoms with Crippen LogP contribution in [0, 0.1) is 10.1 Å². The monoisotopic (exact) mass is 433 g/mol. The van der Waals surface area contributed by atoms with Crippen LogP contribution < -0.4 is 5.73 Å². The number of carbonyl (C=O) groups excluding carboxylic acids is 1. The van der Waals surface area contributed by atoms with Crippen molar-refractivity contribution in [2.24, 2.45) is 5.73 Å². The van der Waals surface area contributed by atoms with Crippen LogP contribution in [0.5, 0.6) is 0 Å². The normalized spacial score (nSPS) is 12.1. The van der Waals surface area contributed by atoms with Crippen LogP contribution in [0.3, 0.4) is 0 Å². The number of H-pyrrole nitrogens is 1. The molecule has 0 saturated heterocycles. The number of nitrogens with zero attached hydrogens (tertiary/aromatic N) is 3. The summed E-state index contributed by atoms with van der Waals surface area (Å²) in [7, 11) is 1.67. The van der Waals surface area contributed by atoms with Crippen molar-refractivity contribution in [2.45, 2.75) is 18.9 Å². The molecule has 0 spiro atoms. The second kappa shape index (κ2) is 9.03. The maximum Gasteiger partial charge on any atom is 0.275 e. The number of non-ortho nitro benzene ring substituents is 1. The van der Waals surface area contributed by atoms with Gasteiger partial charge in [0.1, 0.15) is 6.26 Å². The van der Waals surface area contributed by atoms with Crippen molar-refractivity contribution in [3.05, 3.63) is 93.8 Å². The third kappa shape index (κ3) is 4.52. The average molecular weight is 433 g/mol. The van der Waals surface area contributed by atoms with Gasteiger partial charge in [0, 0.05) is 42.8 Å². The lowest BCUT2D eigenvalue weighted by Crippen LogP contribution is -2.29. The van der Waals surface area contributed by atoms with E-state index in [0.717, 1.165) is 22.0 Å². The molecular weight excluding hydrogens is 410 g/mol. The van der Waals surface area contributed by atoms with Gasteiger partial charge in [0.2, 0.25) is 5.89 Å². The summed E-state index contributed by atoms with van der Waals surface area (Å²) in [6.07, 6.45) is 4.33. The van der Waals surface area contributed by atoms with Crippen molar-refractivity contribution < 1.29 is 14.1 Å². The molecule has 0 fully saturated rings. The number of oxazole rings is 1.